The maximum absolute atomic E-state index is 13.3. The van der Waals surface area contributed by atoms with E-state index >= 15 is 0 Å². The molecule has 2 aromatic carbocycles. The maximum Gasteiger partial charge on any atom is 0.264 e. The lowest BCUT2D eigenvalue weighted by Crippen LogP contribution is -2.41. The summed E-state index contributed by atoms with van der Waals surface area (Å²) in [7, 11) is 0. The van der Waals surface area contributed by atoms with Crippen molar-refractivity contribution in [3.63, 3.8) is 0 Å². The Morgan fingerprint density at radius 3 is 2.60 bits per heavy atom. The predicted molar refractivity (Wildman–Crippen MR) is 151 cm³/mol. The molecule has 1 aliphatic rings. The summed E-state index contributed by atoms with van der Waals surface area (Å²) in [5, 5.41) is 24.8. The molecule has 3 heterocycles. The lowest BCUT2D eigenvalue weighted by atomic mass is 9.91. The van der Waals surface area contributed by atoms with Crippen LogP contribution in [0.25, 0.3) is 22.3 Å². The number of anilines is 1. The number of aliphatic hydroxyl groups excluding tert-OH is 1. The van der Waals surface area contributed by atoms with Gasteiger partial charge in [-0.2, -0.15) is 10.4 Å². The first-order valence-corrected chi connectivity index (χ1v) is 13.1. The van der Waals surface area contributed by atoms with Crippen molar-refractivity contribution in [2.75, 3.05) is 25.4 Å². The molecule has 1 fully saturated rings. The van der Waals surface area contributed by atoms with Crippen molar-refractivity contribution < 1.29 is 14.6 Å². The summed E-state index contributed by atoms with van der Waals surface area (Å²) in [6.45, 7) is 4.27. The average molecular weight is 538 g/mol. The van der Waals surface area contributed by atoms with Crippen LogP contribution in [0.1, 0.15) is 32.7 Å². The van der Waals surface area contributed by atoms with E-state index in [2.05, 4.69) is 9.97 Å². The number of ether oxygens (including phenoxy) is 1. The van der Waals surface area contributed by atoms with Gasteiger partial charge < -0.3 is 20.5 Å². The van der Waals surface area contributed by atoms with E-state index in [4.69, 9.17) is 15.6 Å². The summed E-state index contributed by atoms with van der Waals surface area (Å²) in [5.74, 6) is 1.40. The Bertz CT molecular complexity index is 1590. The summed E-state index contributed by atoms with van der Waals surface area (Å²) in [5.41, 5.74) is 7.72. The number of nitriles is 1. The number of nitrogens with zero attached hydrogens (tertiary/aromatic N) is 6. The lowest BCUT2D eigenvalue weighted by Gasteiger charge is -2.33. The number of aliphatic hydroxyl groups is 1. The zero-order chi connectivity index (χ0) is 28.3. The Morgan fingerprint density at radius 1 is 1.18 bits per heavy atom. The Morgan fingerprint density at radius 2 is 1.90 bits per heavy atom. The Labute approximate surface area is 232 Å². The molecule has 10 heteroatoms. The molecule has 2 aromatic heterocycles. The fraction of sp³-hybridized carbons (Fsp3) is 0.300. The van der Waals surface area contributed by atoms with Gasteiger partial charge in [-0.05, 0) is 49.2 Å². The number of nitrogen functional groups attached to an aromatic ring is 1. The van der Waals surface area contributed by atoms with Crippen LogP contribution in [-0.4, -0.2) is 55.4 Å². The number of rotatable bonds is 7. The summed E-state index contributed by atoms with van der Waals surface area (Å²) in [6, 6.07) is 19.0. The minimum absolute atomic E-state index is 0.0232. The molecule has 40 heavy (non-hydrogen) atoms. The van der Waals surface area contributed by atoms with Crippen molar-refractivity contribution >= 4 is 22.8 Å². The Hall–Kier alpha value is -4.75. The van der Waals surface area contributed by atoms with Crippen molar-refractivity contribution in [1.82, 2.24) is 24.6 Å². The normalized spacial score (nSPS) is 16.1. The second-order valence-electron chi connectivity index (χ2n) is 10.6. The molecule has 4 aromatic rings. The van der Waals surface area contributed by atoms with Gasteiger partial charge in [0.25, 0.3) is 5.91 Å². The van der Waals surface area contributed by atoms with Crippen LogP contribution in [0.15, 0.2) is 72.6 Å². The van der Waals surface area contributed by atoms with E-state index < -0.39 is 5.41 Å². The molecule has 1 amide bonds. The summed E-state index contributed by atoms with van der Waals surface area (Å²) < 4.78 is 7.75. The van der Waals surface area contributed by atoms with Crippen LogP contribution in [0.5, 0.6) is 11.5 Å². The van der Waals surface area contributed by atoms with Crippen molar-refractivity contribution in [1.29, 1.82) is 5.26 Å². The van der Waals surface area contributed by atoms with E-state index in [0.29, 0.717) is 41.4 Å². The van der Waals surface area contributed by atoms with Gasteiger partial charge in [0.15, 0.2) is 5.65 Å². The standard InChI is InChI=1S/C30H31N7O3/c1-30(2,18-38)15-21(16-31)29(39)36-14-6-7-22(17-36)37-28-25(27(32)33-19-34-28)26(35-37)20-10-12-24(13-11-20)40-23-8-4-3-5-9-23/h3-5,8-13,15,19,22,38H,6-7,14,17-18H2,1-2H3,(H2,32,33,34). The number of para-hydroxylation sites is 1. The number of hydrogen-bond acceptors (Lipinski definition) is 8. The minimum atomic E-state index is -0.681. The molecule has 1 unspecified atom stereocenters. The van der Waals surface area contributed by atoms with Gasteiger partial charge in [-0.3, -0.25) is 4.79 Å². The van der Waals surface area contributed by atoms with E-state index in [-0.39, 0.29) is 24.1 Å². The fourth-order valence-corrected chi connectivity index (χ4v) is 4.84. The predicted octanol–water partition coefficient (Wildman–Crippen LogP) is 4.50. The topological polar surface area (TPSA) is 143 Å². The zero-order valence-corrected chi connectivity index (χ0v) is 22.5. The molecule has 5 rings (SSSR count). The van der Waals surface area contributed by atoms with Crippen molar-refractivity contribution in [2.24, 2.45) is 5.41 Å². The monoisotopic (exact) mass is 537 g/mol. The third-order valence-corrected chi connectivity index (χ3v) is 6.95. The van der Waals surface area contributed by atoms with Crippen LogP contribution >= 0.6 is 0 Å². The smallest absolute Gasteiger partial charge is 0.264 e. The molecule has 1 aliphatic heterocycles. The summed E-state index contributed by atoms with van der Waals surface area (Å²) in [6.07, 6.45) is 4.47. The Kier molecular flexibility index (Phi) is 7.49. The first-order chi connectivity index (χ1) is 19.3. The number of benzene rings is 2. The zero-order valence-electron chi connectivity index (χ0n) is 22.5. The van der Waals surface area contributed by atoms with Gasteiger partial charge in [-0.15, -0.1) is 0 Å². The molecular weight excluding hydrogens is 506 g/mol. The van der Waals surface area contributed by atoms with Gasteiger partial charge in [-0.1, -0.05) is 38.1 Å². The van der Waals surface area contributed by atoms with Crippen LogP contribution in [0, 0.1) is 16.7 Å². The van der Waals surface area contributed by atoms with Crippen molar-refractivity contribution in [2.45, 2.75) is 32.7 Å². The van der Waals surface area contributed by atoms with Crippen LogP contribution in [-0.2, 0) is 4.79 Å². The molecule has 3 N–H and O–H groups in total. The number of nitrogens with two attached hydrogens (primary N) is 1. The van der Waals surface area contributed by atoms with Gasteiger partial charge in [0.2, 0.25) is 0 Å². The molecule has 0 saturated carbocycles. The van der Waals surface area contributed by atoms with E-state index in [0.717, 1.165) is 24.2 Å². The molecule has 1 saturated heterocycles. The molecule has 10 nitrogen and oxygen atoms in total. The van der Waals surface area contributed by atoms with E-state index in [1.54, 1.807) is 24.8 Å². The summed E-state index contributed by atoms with van der Waals surface area (Å²) >= 11 is 0. The highest BCUT2D eigenvalue weighted by molar-refractivity contribution is 5.99. The van der Waals surface area contributed by atoms with Crippen LogP contribution in [0.2, 0.25) is 0 Å². The van der Waals surface area contributed by atoms with E-state index in [9.17, 15) is 15.2 Å². The molecule has 204 valence electrons. The number of fused-ring (bicyclic) bond motifs is 1. The highest BCUT2D eigenvalue weighted by Gasteiger charge is 2.31. The SMILES string of the molecule is CC(C)(C=C(C#N)C(=O)N1CCCC(n2nc(-c3ccc(Oc4ccccc4)cc3)c3c(N)ncnc32)C1)CO. The number of hydrogen-bond donors (Lipinski definition) is 2. The molecule has 0 spiro atoms. The van der Waals surface area contributed by atoms with Gasteiger partial charge >= 0.3 is 0 Å². The molecular formula is C30H31N7O3. The highest BCUT2D eigenvalue weighted by atomic mass is 16.5. The largest absolute Gasteiger partial charge is 0.457 e. The number of likely N-dealkylation sites (tertiary alicyclic amines) is 1. The number of carbonyl (C=O) groups excluding carboxylic acids is 1. The first kappa shape index (κ1) is 26.8. The van der Waals surface area contributed by atoms with Crippen LogP contribution in [0.3, 0.4) is 0 Å². The lowest BCUT2D eigenvalue weighted by molar-refractivity contribution is -0.128. The third-order valence-electron chi connectivity index (χ3n) is 6.95. The Balaban J connectivity index is 1.45. The number of carbonyl (C=O) groups is 1. The quantitative estimate of drug-likeness (QED) is 0.259. The maximum atomic E-state index is 13.3. The summed E-state index contributed by atoms with van der Waals surface area (Å²) in [4.78, 5) is 23.7. The van der Waals surface area contributed by atoms with E-state index in [1.807, 2.05) is 65.3 Å². The van der Waals surface area contributed by atoms with Crippen molar-refractivity contribution in [3.05, 3.63) is 72.6 Å². The molecule has 0 bridgehead atoms. The van der Waals surface area contributed by atoms with Gasteiger partial charge in [0, 0.05) is 24.1 Å². The molecule has 0 radical (unpaired) electrons. The number of piperidine rings is 1. The molecule has 0 aliphatic carbocycles. The van der Waals surface area contributed by atoms with Gasteiger partial charge in [0.05, 0.1) is 18.0 Å². The van der Waals surface area contributed by atoms with E-state index in [1.165, 1.54) is 6.33 Å². The minimum Gasteiger partial charge on any atom is -0.457 e. The second-order valence-corrected chi connectivity index (χ2v) is 10.6. The van der Waals surface area contributed by atoms with Crippen LogP contribution < -0.4 is 10.5 Å². The number of amides is 1. The van der Waals surface area contributed by atoms with Crippen molar-refractivity contribution in [3.8, 4) is 28.8 Å². The average Bonchev–Trinajstić information content (AvgIpc) is 3.38. The second kappa shape index (κ2) is 11.2. The highest BCUT2D eigenvalue weighted by Crippen LogP contribution is 2.35. The van der Waals surface area contributed by atoms with Crippen LogP contribution in [0.4, 0.5) is 5.82 Å². The van der Waals surface area contributed by atoms with Gasteiger partial charge in [-0.25, -0.2) is 14.6 Å². The third kappa shape index (κ3) is 5.51. The number of aromatic nitrogens is 4. The first-order valence-electron chi connectivity index (χ1n) is 13.1. The van der Waals surface area contributed by atoms with Gasteiger partial charge in [0.1, 0.15) is 41.0 Å². The fourth-order valence-electron chi connectivity index (χ4n) is 4.84. The molecule has 1 atom stereocenters.